The van der Waals surface area contributed by atoms with Crippen molar-refractivity contribution in [2.24, 2.45) is 5.92 Å². The number of nitrogens with one attached hydrogen (secondary N) is 1. The van der Waals surface area contributed by atoms with Crippen molar-refractivity contribution in [3.8, 4) is 0 Å². The van der Waals surface area contributed by atoms with Crippen LogP contribution in [0, 0.1) is 12.8 Å². The van der Waals surface area contributed by atoms with Crippen LogP contribution in [0.5, 0.6) is 0 Å². The fraction of sp³-hybridized carbons (Fsp3) is 0.636. The van der Waals surface area contributed by atoms with Crippen molar-refractivity contribution in [1.29, 1.82) is 0 Å². The molecule has 2 atom stereocenters. The van der Waals surface area contributed by atoms with E-state index < -0.39 is 0 Å². The Labute approximate surface area is 95.0 Å². The smallest absolute Gasteiger partial charge is 0.276 e. The number of rotatable bonds is 1. The molecule has 0 aliphatic carbocycles. The maximum atomic E-state index is 12.2. The van der Waals surface area contributed by atoms with Gasteiger partial charge >= 0.3 is 0 Å². The van der Waals surface area contributed by atoms with Gasteiger partial charge in [-0.05, 0) is 26.2 Å². The predicted octanol–water partition coefficient (Wildman–Crippen LogP) is 1.17. The number of nitrogens with zero attached hydrogens (tertiary/aromatic N) is 2. The van der Waals surface area contributed by atoms with Gasteiger partial charge in [-0.2, -0.15) is 5.10 Å². The van der Waals surface area contributed by atoms with Crippen LogP contribution >= 0.6 is 0 Å². The van der Waals surface area contributed by atoms with Crippen LogP contribution in [0.15, 0.2) is 0 Å². The molecule has 5 nitrogen and oxygen atoms in total. The van der Waals surface area contributed by atoms with Crippen molar-refractivity contribution >= 4 is 11.6 Å². The molecule has 1 fully saturated rings. The topological polar surface area (TPSA) is 75.0 Å². The van der Waals surface area contributed by atoms with E-state index >= 15 is 0 Å². The van der Waals surface area contributed by atoms with Gasteiger partial charge in [-0.3, -0.25) is 9.89 Å². The summed E-state index contributed by atoms with van der Waals surface area (Å²) in [5.74, 6) is 0.499. The molecule has 2 heterocycles. The first kappa shape index (κ1) is 11.0. The monoisotopic (exact) mass is 222 g/mol. The second-order valence-electron chi connectivity index (χ2n) is 4.76. The van der Waals surface area contributed by atoms with Crippen molar-refractivity contribution in [3.63, 3.8) is 0 Å². The zero-order chi connectivity index (χ0) is 11.9. The number of aromatic nitrogens is 2. The van der Waals surface area contributed by atoms with Gasteiger partial charge in [0, 0.05) is 12.6 Å². The Kier molecular flexibility index (Phi) is 2.61. The number of nitrogen functional groups attached to an aromatic ring is 1. The summed E-state index contributed by atoms with van der Waals surface area (Å²) in [6.07, 6.45) is 1.05. The first-order valence-corrected chi connectivity index (χ1v) is 5.62. The molecule has 0 aromatic carbocycles. The molecule has 1 aromatic rings. The number of anilines is 1. The number of likely N-dealkylation sites (tertiary alicyclic amines) is 1. The van der Waals surface area contributed by atoms with E-state index in [0.29, 0.717) is 17.3 Å². The summed E-state index contributed by atoms with van der Waals surface area (Å²) in [6.45, 7) is 6.83. The van der Waals surface area contributed by atoms with Gasteiger partial charge in [0.1, 0.15) is 0 Å². The maximum absolute atomic E-state index is 12.2. The standard InChI is InChI=1S/C11H18N4O/c1-6-4-7(2)15(5-6)11(16)10-9(12)8(3)13-14-10/h6-7H,4-5,12H2,1-3H3,(H,13,14). The number of amides is 1. The summed E-state index contributed by atoms with van der Waals surface area (Å²) in [5.41, 5.74) is 7.39. The average Bonchev–Trinajstić information content (AvgIpc) is 2.71. The van der Waals surface area contributed by atoms with E-state index in [1.54, 1.807) is 0 Å². The predicted molar refractivity (Wildman–Crippen MR) is 62.0 cm³/mol. The van der Waals surface area contributed by atoms with Gasteiger partial charge < -0.3 is 10.6 Å². The third-order valence-corrected chi connectivity index (χ3v) is 3.24. The molecular formula is C11H18N4O. The molecule has 0 radical (unpaired) electrons. The lowest BCUT2D eigenvalue weighted by molar-refractivity contribution is 0.0739. The van der Waals surface area contributed by atoms with Gasteiger partial charge in [-0.15, -0.1) is 0 Å². The first-order valence-electron chi connectivity index (χ1n) is 5.62. The van der Waals surface area contributed by atoms with Crippen LogP contribution in [-0.4, -0.2) is 33.6 Å². The van der Waals surface area contributed by atoms with E-state index in [2.05, 4.69) is 24.0 Å². The van der Waals surface area contributed by atoms with Gasteiger partial charge in [0.25, 0.3) is 5.91 Å². The quantitative estimate of drug-likeness (QED) is 0.749. The number of aromatic amines is 1. The Morgan fingerprint density at radius 3 is 2.69 bits per heavy atom. The third kappa shape index (κ3) is 1.66. The minimum Gasteiger partial charge on any atom is -0.395 e. The highest BCUT2D eigenvalue weighted by atomic mass is 16.2. The number of H-pyrrole nitrogens is 1. The van der Waals surface area contributed by atoms with E-state index in [9.17, 15) is 4.79 Å². The lowest BCUT2D eigenvalue weighted by Gasteiger charge is -2.20. The van der Waals surface area contributed by atoms with Gasteiger partial charge in [-0.25, -0.2) is 0 Å². The average molecular weight is 222 g/mol. The zero-order valence-corrected chi connectivity index (χ0v) is 9.95. The SMILES string of the molecule is Cc1[nH]nc(C(=O)N2CC(C)CC2C)c1N. The Balaban J connectivity index is 2.23. The summed E-state index contributed by atoms with van der Waals surface area (Å²) in [7, 11) is 0. The molecule has 2 unspecified atom stereocenters. The third-order valence-electron chi connectivity index (χ3n) is 3.24. The highest BCUT2D eigenvalue weighted by Crippen LogP contribution is 2.25. The van der Waals surface area contributed by atoms with Crippen molar-refractivity contribution < 1.29 is 4.79 Å². The van der Waals surface area contributed by atoms with Gasteiger partial charge in [0.05, 0.1) is 11.4 Å². The molecule has 5 heteroatoms. The maximum Gasteiger partial charge on any atom is 0.276 e. The van der Waals surface area contributed by atoms with Gasteiger partial charge in [0.15, 0.2) is 5.69 Å². The van der Waals surface area contributed by atoms with E-state index in [0.717, 1.165) is 18.7 Å². The van der Waals surface area contributed by atoms with Crippen molar-refractivity contribution in [1.82, 2.24) is 15.1 Å². The molecule has 2 rings (SSSR count). The van der Waals surface area contributed by atoms with Crippen molar-refractivity contribution in [3.05, 3.63) is 11.4 Å². The lowest BCUT2D eigenvalue weighted by atomic mass is 10.1. The second kappa shape index (κ2) is 3.81. The number of hydrogen-bond acceptors (Lipinski definition) is 3. The summed E-state index contributed by atoms with van der Waals surface area (Å²) in [6, 6.07) is 0.277. The summed E-state index contributed by atoms with van der Waals surface area (Å²) in [4.78, 5) is 14.1. The summed E-state index contributed by atoms with van der Waals surface area (Å²) >= 11 is 0. The Hall–Kier alpha value is -1.52. The normalized spacial score (nSPS) is 25.1. The van der Waals surface area contributed by atoms with Crippen LogP contribution in [0.3, 0.4) is 0 Å². The van der Waals surface area contributed by atoms with E-state index in [4.69, 9.17) is 5.73 Å². The summed E-state index contributed by atoms with van der Waals surface area (Å²) < 4.78 is 0. The highest BCUT2D eigenvalue weighted by Gasteiger charge is 2.32. The number of carbonyl (C=O) groups is 1. The largest absolute Gasteiger partial charge is 0.395 e. The number of carbonyl (C=O) groups excluding carboxylic acids is 1. The molecule has 1 saturated heterocycles. The number of hydrogen-bond donors (Lipinski definition) is 2. The molecule has 0 bridgehead atoms. The van der Waals surface area contributed by atoms with Crippen molar-refractivity contribution in [2.45, 2.75) is 33.2 Å². The van der Waals surface area contributed by atoms with Crippen LogP contribution in [0.25, 0.3) is 0 Å². The zero-order valence-electron chi connectivity index (χ0n) is 9.95. The van der Waals surface area contributed by atoms with Crippen LogP contribution in [-0.2, 0) is 0 Å². The molecular weight excluding hydrogens is 204 g/mol. The number of nitrogens with two attached hydrogens (primary N) is 1. The van der Waals surface area contributed by atoms with Gasteiger partial charge in [0.2, 0.25) is 0 Å². The minimum absolute atomic E-state index is 0.0568. The van der Waals surface area contributed by atoms with Crippen LogP contribution in [0.4, 0.5) is 5.69 Å². The Morgan fingerprint density at radius 1 is 1.56 bits per heavy atom. The summed E-state index contributed by atoms with van der Waals surface area (Å²) in [5, 5.41) is 6.72. The molecule has 3 N–H and O–H groups in total. The fourth-order valence-electron chi connectivity index (χ4n) is 2.32. The molecule has 1 aliphatic rings. The molecule has 16 heavy (non-hydrogen) atoms. The van der Waals surface area contributed by atoms with Crippen LogP contribution in [0.2, 0.25) is 0 Å². The molecule has 1 aliphatic heterocycles. The Morgan fingerprint density at radius 2 is 2.25 bits per heavy atom. The number of aryl methyl sites for hydroxylation is 1. The van der Waals surface area contributed by atoms with Crippen molar-refractivity contribution in [2.75, 3.05) is 12.3 Å². The van der Waals surface area contributed by atoms with E-state index in [1.807, 2.05) is 11.8 Å². The molecule has 0 saturated carbocycles. The highest BCUT2D eigenvalue weighted by molar-refractivity contribution is 5.97. The van der Waals surface area contributed by atoms with Crippen LogP contribution in [0.1, 0.15) is 36.5 Å². The fourth-order valence-corrected chi connectivity index (χ4v) is 2.32. The van der Waals surface area contributed by atoms with E-state index in [-0.39, 0.29) is 11.9 Å². The molecule has 0 spiro atoms. The molecule has 88 valence electrons. The van der Waals surface area contributed by atoms with E-state index in [1.165, 1.54) is 0 Å². The lowest BCUT2D eigenvalue weighted by Crippen LogP contribution is -2.34. The van der Waals surface area contributed by atoms with Gasteiger partial charge in [-0.1, -0.05) is 6.92 Å². The first-order chi connectivity index (χ1) is 7.50. The minimum atomic E-state index is -0.0568. The molecule has 1 aromatic heterocycles. The van der Waals surface area contributed by atoms with Crippen LogP contribution < -0.4 is 5.73 Å². The second-order valence-corrected chi connectivity index (χ2v) is 4.76. The molecule has 1 amide bonds. The Bertz CT molecular complexity index is 412.